The molecule has 28 heavy (non-hydrogen) atoms. The highest BCUT2D eigenvalue weighted by Crippen LogP contribution is 2.39. The Morgan fingerprint density at radius 3 is 2.46 bits per heavy atom. The Labute approximate surface area is 162 Å². The zero-order chi connectivity index (χ0) is 20.6. The molecule has 0 amide bonds. The van der Waals surface area contributed by atoms with Gasteiger partial charge in [0.1, 0.15) is 22.1 Å². The number of sulfonamides is 1. The Hall–Kier alpha value is -2.92. The lowest BCUT2D eigenvalue weighted by atomic mass is 10.1. The summed E-state index contributed by atoms with van der Waals surface area (Å²) in [6.07, 6.45) is 1.55. The van der Waals surface area contributed by atoms with Crippen LogP contribution in [-0.4, -0.2) is 48.4 Å². The molecule has 3 N–H and O–H groups in total. The number of nitrogens with two attached hydrogens (primary N) is 1. The number of nitrogens with one attached hydrogen (secondary N) is 1. The lowest BCUT2D eigenvalue weighted by Crippen LogP contribution is -2.30. The molecule has 10 nitrogen and oxygen atoms in total. The molecule has 0 bridgehead atoms. The summed E-state index contributed by atoms with van der Waals surface area (Å²) < 4.78 is 40.5. The van der Waals surface area contributed by atoms with Crippen LogP contribution >= 0.6 is 0 Å². The number of rotatable bonds is 6. The first kappa shape index (κ1) is 19.8. The fourth-order valence-corrected chi connectivity index (χ4v) is 4.32. The third-order valence-electron chi connectivity index (χ3n) is 4.02. The van der Waals surface area contributed by atoms with E-state index in [0.717, 1.165) is 0 Å². The van der Waals surface area contributed by atoms with Gasteiger partial charge in [-0.25, -0.2) is 22.8 Å². The minimum absolute atomic E-state index is 0.0188. The monoisotopic (exact) mass is 406 g/mol. The fraction of sp³-hybridized carbons (Fsp3) is 0.353. The summed E-state index contributed by atoms with van der Waals surface area (Å²) in [4.78, 5) is 8.20. The standard InChI is InChI=1S/C17H22N6O4S/c1-9(2)22-28(24,25)14-6-10(12(26-4)7-13(14)27-5)15-11-8-19-17(18)20-16(11)23(3)21-15/h6-9,22H,1-5H3,(H2,18,19,20). The van der Waals surface area contributed by atoms with E-state index in [1.54, 1.807) is 31.8 Å². The number of ether oxygens (including phenoxy) is 2. The van der Waals surface area contributed by atoms with E-state index in [-0.39, 0.29) is 22.6 Å². The van der Waals surface area contributed by atoms with Gasteiger partial charge >= 0.3 is 0 Å². The van der Waals surface area contributed by atoms with Gasteiger partial charge in [-0.3, -0.25) is 0 Å². The Bertz CT molecular complexity index is 1140. The van der Waals surface area contributed by atoms with Crippen molar-refractivity contribution in [1.29, 1.82) is 0 Å². The van der Waals surface area contributed by atoms with E-state index in [1.807, 2.05) is 0 Å². The number of hydrogen-bond donors (Lipinski definition) is 2. The van der Waals surface area contributed by atoms with Crippen molar-refractivity contribution in [3.05, 3.63) is 18.3 Å². The van der Waals surface area contributed by atoms with E-state index in [0.29, 0.717) is 28.0 Å². The number of benzene rings is 1. The Morgan fingerprint density at radius 1 is 1.18 bits per heavy atom. The molecular formula is C17H22N6O4S. The van der Waals surface area contributed by atoms with Crippen molar-refractivity contribution in [2.75, 3.05) is 20.0 Å². The van der Waals surface area contributed by atoms with E-state index < -0.39 is 10.0 Å². The van der Waals surface area contributed by atoms with Gasteiger partial charge in [-0.1, -0.05) is 0 Å². The van der Waals surface area contributed by atoms with Gasteiger partial charge in [0.25, 0.3) is 0 Å². The van der Waals surface area contributed by atoms with Gasteiger partial charge in [-0.15, -0.1) is 0 Å². The lowest BCUT2D eigenvalue weighted by Gasteiger charge is -2.16. The van der Waals surface area contributed by atoms with Crippen LogP contribution in [0.15, 0.2) is 23.2 Å². The van der Waals surface area contributed by atoms with Crippen molar-refractivity contribution >= 4 is 27.0 Å². The third kappa shape index (κ3) is 3.45. The number of anilines is 1. The summed E-state index contributed by atoms with van der Waals surface area (Å²) in [5.41, 5.74) is 7.12. The number of nitrogens with zero attached hydrogens (tertiary/aromatic N) is 4. The summed E-state index contributed by atoms with van der Waals surface area (Å²) in [7, 11) is 0.770. The smallest absolute Gasteiger partial charge is 0.244 e. The molecule has 3 rings (SSSR count). The molecule has 150 valence electrons. The number of methoxy groups -OCH3 is 2. The van der Waals surface area contributed by atoms with Crippen molar-refractivity contribution < 1.29 is 17.9 Å². The molecule has 0 unspecified atom stereocenters. The number of fused-ring (bicyclic) bond motifs is 1. The van der Waals surface area contributed by atoms with Crippen LogP contribution in [0.25, 0.3) is 22.3 Å². The first-order valence-electron chi connectivity index (χ1n) is 8.42. The SMILES string of the molecule is COc1cc(OC)c(S(=O)(=O)NC(C)C)cc1-c1nn(C)c2nc(N)ncc12. The molecule has 2 aromatic heterocycles. The van der Waals surface area contributed by atoms with E-state index >= 15 is 0 Å². The van der Waals surface area contributed by atoms with Crippen LogP contribution in [0.2, 0.25) is 0 Å². The molecule has 0 aliphatic rings. The largest absolute Gasteiger partial charge is 0.496 e. The maximum atomic E-state index is 12.8. The van der Waals surface area contributed by atoms with Crippen LogP contribution in [0, 0.1) is 0 Å². The number of aryl methyl sites for hydroxylation is 1. The first-order chi connectivity index (χ1) is 13.2. The molecule has 0 saturated heterocycles. The molecule has 0 aliphatic heterocycles. The van der Waals surface area contributed by atoms with Crippen molar-refractivity contribution in [1.82, 2.24) is 24.5 Å². The molecule has 0 saturated carbocycles. The Morgan fingerprint density at radius 2 is 1.86 bits per heavy atom. The molecule has 11 heteroatoms. The Balaban J connectivity index is 2.31. The van der Waals surface area contributed by atoms with Gasteiger partial charge in [0.15, 0.2) is 5.65 Å². The predicted octanol–water partition coefficient (Wildman–Crippen LogP) is 1.32. The van der Waals surface area contributed by atoms with Crippen molar-refractivity contribution in [2.24, 2.45) is 7.05 Å². The highest BCUT2D eigenvalue weighted by molar-refractivity contribution is 7.89. The maximum absolute atomic E-state index is 12.8. The lowest BCUT2D eigenvalue weighted by molar-refractivity contribution is 0.386. The third-order valence-corrected chi connectivity index (χ3v) is 5.70. The summed E-state index contributed by atoms with van der Waals surface area (Å²) >= 11 is 0. The maximum Gasteiger partial charge on any atom is 0.244 e. The quantitative estimate of drug-likeness (QED) is 0.626. The summed E-state index contributed by atoms with van der Waals surface area (Å²) in [5, 5.41) is 5.08. The van der Waals surface area contributed by atoms with Crippen molar-refractivity contribution in [2.45, 2.75) is 24.8 Å². The topological polar surface area (TPSA) is 134 Å². The average Bonchev–Trinajstić information content (AvgIpc) is 2.95. The van der Waals surface area contributed by atoms with Gasteiger partial charge in [0.2, 0.25) is 16.0 Å². The zero-order valence-corrected chi connectivity index (χ0v) is 17.0. The molecule has 0 radical (unpaired) electrons. The molecule has 0 spiro atoms. The molecule has 3 aromatic rings. The summed E-state index contributed by atoms with van der Waals surface area (Å²) in [6.45, 7) is 3.48. The predicted molar refractivity (Wildman–Crippen MR) is 105 cm³/mol. The normalized spacial score (nSPS) is 11.9. The van der Waals surface area contributed by atoms with E-state index in [2.05, 4.69) is 19.8 Å². The molecule has 0 fully saturated rings. The number of hydrogen-bond acceptors (Lipinski definition) is 8. The van der Waals surface area contributed by atoms with Crippen LogP contribution in [0.3, 0.4) is 0 Å². The molecular weight excluding hydrogens is 384 g/mol. The van der Waals surface area contributed by atoms with Crippen molar-refractivity contribution in [3.63, 3.8) is 0 Å². The van der Waals surface area contributed by atoms with Crippen LogP contribution in [0.4, 0.5) is 5.95 Å². The average molecular weight is 406 g/mol. The number of nitrogen functional groups attached to an aromatic ring is 1. The van der Waals surface area contributed by atoms with Gasteiger partial charge < -0.3 is 15.2 Å². The molecule has 2 heterocycles. The van der Waals surface area contributed by atoms with E-state index in [4.69, 9.17) is 15.2 Å². The van der Waals surface area contributed by atoms with Gasteiger partial charge in [0.05, 0.1) is 19.6 Å². The highest BCUT2D eigenvalue weighted by atomic mass is 32.2. The van der Waals surface area contributed by atoms with Crippen molar-refractivity contribution in [3.8, 4) is 22.8 Å². The van der Waals surface area contributed by atoms with Crippen LogP contribution in [0.5, 0.6) is 11.5 Å². The highest BCUT2D eigenvalue weighted by Gasteiger charge is 2.26. The minimum Gasteiger partial charge on any atom is -0.496 e. The van der Waals surface area contributed by atoms with E-state index in [9.17, 15) is 8.42 Å². The van der Waals surface area contributed by atoms with Gasteiger partial charge in [0, 0.05) is 30.9 Å². The molecule has 0 atom stereocenters. The van der Waals surface area contributed by atoms with Crippen LogP contribution < -0.4 is 19.9 Å². The fourth-order valence-electron chi connectivity index (χ4n) is 2.89. The summed E-state index contributed by atoms with van der Waals surface area (Å²) in [5.74, 6) is 0.680. The van der Waals surface area contributed by atoms with E-state index in [1.165, 1.54) is 26.4 Å². The first-order valence-corrected chi connectivity index (χ1v) is 9.90. The minimum atomic E-state index is -3.83. The zero-order valence-electron chi connectivity index (χ0n) is 16.2. The van der Waals surface area contributed by atoms with Crippen LogP contribution in [-0.2, 0) is 17.1 Å². The second-order valence-electron chi connectivity index (χ2n) is 6.42. The molecule has 0 aliphatic carbocycles. The Kier molecular flexibility index (Phi) is 5.13. The molecule has 1 aromatic carbocycles. The summed E-state index contributed by atoms with van der Waals surface area (Å²) in [6, 6.07) is 2.70. The second kappa shape index (κ2) is 7.24. The van der Waals surface area contributed by atoms with Crippen LogP contribution in [0.1, 0.15) is 13.8 Å². The van der Waals surface area contributed by atoms with Gasteiger partial charge in [-0.05, 0) is 19.9 Å². The second-order valence-corrected chi connectivity index (χ2v) is 8.10. The van der Waals surface area contributed by atoms with Gasteiger partial charge in [-0.2, -0.15) is 10.1 Å². The number of aromatic nitrogens is 4.